The van der Waals surface area contributed by atoms with Crippen molar-refractivity contribution in [1.82, 2.24) is 24.8 Å². The molecule has 0 saturated carbocycles. The lowest BCUT2D eigenvalue weighted by molar-refractivity contribution is -0.145. The fraction of sp³-hybridized carbons (Fsp3) is 0.679. The second-order valence-electron chi connectivity index (χ2n) is 11.8. The number of carbonyl (C=O) groups is 2. The molecule has 0 aromatic carbocycles. The van der Waals surface area contributed by atoms with Gasteiger partial charge in [-0.15, -0.1) is 11.3 Å². The molecule has 10 heteroatoms. The number of hydrogen-bond acceptors (Lipinski definition) is 8. The second kappa shape index (κ2) is 11.6. The number of thiazole rings is 1. The highest BCUT2D eigenvalue weighted by Gasteiger charge is 2.42. The summed E-state index contributed by atoms with van der Waals surface area (Å²) in [5.41, 5.74) is 0.0661. The summed E-state index contributed by atoms with van der Waals surface area (Å²) in [6.07, 6.45) is 6.47. The van der Waals surface area contributed by atoms with Crippen molar-refractivity contribution >= 4 is 34.3 Å². The van der Waals surface area contributed by atoms with E-state index in [2.05, 4.69) is 17.2 Å². The average Bonchev–Trinajstić information content (AvgIpc) is 3.27. The van der Waals surface area contributed by atoms with Crippen LogP contribution in [0, 0.1) is 12.3 Å². The lowest BCUT2D eigenvalue weighted by Gasteiger charge is -2.42. The quantitative estimate of drug-likeness (QED) is 0.501. The Kier molecular flexibility index (Phi) is 8.59. The number of nitrogens with zero attached hydrogens (tertiary/aromatic N) is 5. The van der Waals surface area contributed by atoms with Crippen LogP contribution in [0.5, 0.6) is 0 Å². The van der Waals surface area contributed by atoms with E-state index in [4.69, 9.17) is 14.7 Å². The zero-order valence-electron chi connectivity index (χ0n) is 23.7. The number of rotatable bonds is 6. The van der Waals surface area contributed by atoms with E-state index in [0.29, 0.717) is 39.0 Å². The summed E-state index contributed by atoms with van der Waals surface area (Å²) < 4.78 is 5.51. The highest BCUT2D eigenvalue weighted by Crippen LogP contribution is 2.36. The Morgan fingerprint density at radius 3 is 2.39 bits per heavy atom. The topological polar surface area (TPSA) is 101 Å². The summed E-state index contributed by atoms with van der Waals surface area (Å²) in [5.74, 6) is 2.06. The van der Waals surface area contributed by atoms with E-state index >= 15 is 0 Å². The average molecular weight is 543 g/mol. The number of hydrogen-bond donors (Lipinski definition) is 1. The molecule has 38 heavy (non-hydrogen) atoms. The summed E-state index contributed by atoms with van der Waals surface area (Å²) in [4.78, 5) is 45.1. The lowest BCUT2D eigenvalue weighted by atomic mass is 9.78. The molecule has 0 unspecified atom stereocenters. The molecule has 0 atom stereocenters. The maximum atomic E-state index is 13.6. The first-order chi connectivity index (χ1) is 18.0. The van der Waals surface area contributed by atoms with Gasteiger partial charge in [0.2, 0.25) is 5.91 Å². The molecule has 4 heterocycles. The van der Waals surface area contributed by atoms with Gasteiger partial charge in [0, 0.05) is 60.3 Å². The largest absolute Gasteiger partial charge is 0.444 e. The smallest absolute Gasteiger partial charge is 0.410 e. The molecule has 208 valence electrons. The van der Waals surface area contributed by atoms with Gasteiger partial charge < -0.3 is 19.9 Å². The molecule has 0 bridgehead atoms. The van der Waals surface area contributed by atoms with Crippen molar-refractivity contribution in [3.8, 4) is 0 Å². The van der Waals surface area contributed by atoms with Crippen LogP contribution in [0.2, 0.25) is 0 Å². The second-order valence-corrected chi connectivity index (χ2v) is 13.1. The molecule has 2 aliphatic rings. The van der Waals surface area contributed by atoms with E-state index in [-0.39, 0.29) is 17.9 Å². The van der Waals surface area contributed by atoms with Gasteiger partial charge in [0.15, 0.2) is 5.13 Å². The minimum absolute atomic E-state index is 0.196. The monoisotopic (exact) mass is 542 g/mol. The van der Waals surface area contributed by atoms with Crippen LogP contribution in [0.1, 0.15) is 89.0 Å². The highest BCUT2D eigenvalue weighted by atomic mass is 32.1. The van der Waals surface area contributed by atoms with E-state index in [1.165, 1.54) is 0 Å². The Balaban J connectivity index is 1.36. The third kappa shape index (κ3) is 7.01. The molecule has 2 amide bonds. The van der Waals surface area contributed by atoms with Crippen molar-refractivity contribution in [3.63, 3.8) is 0 Å². The Morgan fingerprint density at radius 1 is 1.13 bits per heavy atom. The maximum absolute atomic E-state index is 13.6. The van der Waals surface area contributed by atoms with Gasteiger partial charge in [-0.05, 0) is 59.8 Å². The van der Waals surface area contributed by atoms with Gasteiger partial charge in [0.25, 0.3) is 0 Å². The number of likely N-dealkylation sites (tertiary alicyclic amines) is 2. The van der Waals surface area contributed by atoms with Crippen LogP contribution in [0.4, 0.5) is 15.7 Å². The van der Waals surface area contributed by atoms with Crippen molar-refractivity contribution in [2.24, 2.45) is 5.41 Å². The predicted molar refractivity (Wildman–Crippen MR) is 150 cm³/mol. The first-order valence-electron chi connectivity index (χ1n) is 13.8. The molecule has 0 aliphatic carbocycles. The molecular weight excluding hydrogens is 500 g/mol. The molecule has 0 spiro atoms. The van der Waals surface area contributed by atoms with Crippen LogP contribution in [-0.2, 0) is 16.0 Å². The van der Waals surface area contributed by atoms with E-state index in [1.807, 2.05) is 51.8 Å². The number of nitrogens with one attached hydrogen (secondary N) is 1. The van der Waals surface area contributed by atoms with E-state index in [0.717, 1.165) is 53.0 Å². The molecule has 2 saturated heterocycles. The Bertz CT molecular complexity index is 1130. The number of piperidine rings is 2. The van der Waals surface area contributed by atoms with E-state index in [9.17, 15) is 9.59 Å². The Hall–Kier alpha value is -2.75. The maximum Gasteiger partial charge on any atom is 0.410 e. The van der Waals surface area contributed by atoms with E-state index in [1.54, 1.807) is 16.2 Å². The normalized spacial score (nSPS) is 18.4. The molecule has 2 aromatic heterocycles. The van der Waals surface area contributed by atoms with Crippen LogP contribution >= 0.6 is 11.3 Å². The van der Waals surface area contributed by atoms with Crippen molar-refractivity contribution in [2.75, 3.05) is 31.5 Å². The number of ether oxygens (including phenoxy) is 1. The van der Waals surface area contributed by atoms with Gasteiger partial charge in [-0.1, -0.05) is 20.3 Å². The van der Waals surface area contributed by atoms with Crippen LogP contribution in [-0.4, -0.2) is 68.5 Å². The third-order valence-electron chi connectivity index (χ3n) is 7.34. The van der Waals surface area contributed by atoms with Gasteiger partial charge >= 0.3 is 6.09 Å². The number of aromatic nitrogens is 3. The molecule has 1 N–H and O–H groups in total. The van der Waals surface area contributed by atoms with Crippen molar-refractivity contribution in [1.29, 1.82) is 0 Å². The predicted octanol–water partition coefficient (Wildman–Crippen LogP) is 5.68. The summed E-state index contributed by atoms with van der Waals surface area (Å²) in [5, 5.41) is 4.19. The minimum atomic E-state index is -0.519. The van der Waals surface area contributed by atoms with Crippen LogP contribution in [0.3, 0.4) is 0 Å². The number of amides is 2. The van der Waals surface area contributed by atoms with Gasteiger partial charge in [-0.25, -0.2) is 19.7 Å². The third-order valence-corrected chi connectivity index (χ3v) is 8.17. The molecule has 2 fully saturated rings. The van der Waals surface area contributed by atoms with Gasteiger partial charge in [0.05, 0.1) is 0 Å². The van der Waals surface area contributed by atoms with Crippen LogP contribution in [0.25, 0.3) is 0 Å². The molecular formula is C28H42N6O3S. The zero-order valence-corrected chi connectivity index (χ0v) is 24.5. The lowest BCUT2D eigenvalue weighted by Crippen LogP contribution is -2.52. The number of aryl methyl sites for hydroxylation is 2. The van der Waals surface area contributed by atoms with Gasteiger partial charge in [-0.2, -0.15) is 0 Å². The summed E-state index contributed by atoms with van der Waals surface area (Å²) in [6, 6.07) is 2.02. The summed E-state index contributed by atoms with van der Waals surface area (Å²) >= 11 is 1.61. The van der Waals surface area contributed by atoms with Crippen molar-refractivity contribution < 1.29 is 14.3 Å². The fourth-order valence-electron chi connectivity index (χ4n) is 5.12. The standard InChI is InChI=1S/C28H42N6O3S/c1-7-8-21-17-22(32-25-29-18-19(2)38-25)31-23(30-21)20-9-13-33(14-10-20)24(35)28(6)11-15-34(16-12-28)26(36)37-27(3,4)5/h17-18,20H,7-16H2,1-6H3,(H,29,30,31,32). The molecule has 2 aliphatic heterocycles. The Labute approximate surface area is 230 Å². The minimum Gasteiger partial charge on any atom is -0.444 e. The molecule has 9 nitrogen and oxygen atoms in total. The summed E-state index contributed by atoms with van der Waals surface area (Å²) in [7, 11) is 0. The number of anilines is 2. The van der Waals surface area contributed by atoms with Crippen LogP contribution < -0.4 is 5.32 Å². The fourth-order valence-corrected chi connectivity index (χ4v) is 5.79. The van der Waals surface area contributed by atoms with Crippen molar-refractivity contribution in [2.45, 2.75) is 91.6 Å². The van der Waals surface area contributed by atoms with Gasteiger partial charge in [-0.3, -0.25) is 4.79 Å². The number of carbonyl (C=O) groups excluding carboxylic acids is 2. The zero-order chi connectivity index (χ0) is 27.5. The highest BCUT2D eigenvalue weighted by molar-refractivity contribution is 7.15. The van der Waals surface area contributed by atoms with E-state index < -0.39 is 11.0 Å². The molecule has 4 rings (SSSR count). The molecule has 0 radical (unpaired) electrons. The SMILES string of the molecule is CCCc1cc(Nc2ncc(C)s2)nc(C2CCN(C(=O)C3(C)CCN(C(=O)OC(C)(C)C)CC3)CC2)n1. The van der Waals surface area contributed by atoms with Crippen molar-refractivity contribution in [3.05, 3.63) is 28.7 Å². The van der Waals surface area contributed by atoms with Gasteiger partial charge in [0.1, 0.15) is 17.2 Å². The first-order valence-corrected chi connectivity index (χ1v) is 14.6. The molecule has 2 aromatic rings. The Morgan fingerprint density at radius 2 is 1.82 bits per heavy atom. The first kappa shape index (κ1) is 28.3. The summed E-state index contributed by atoms with van der Waals surface area (Å²) in [6.45, 7) is 14.3. The van der Waals surface area contributed by atoms with Crippen LogP contribution in [0.15, 0.2) is 12.3 Å².